The van der Waals surface area contributed by atoms with E-state index in [1.165, 1.54) is 36.1 Å². The second-order valence-corrected chi connectivity index (χ2v) is 5.97. The smallest absolute Gasteiger partial charge is 0.0934 e. The number of rotatable bonds is 4. The van der Waals surface area contributed by atoms with Crippen molar-refractivity contribution in [3.05, 3.63) is 20.8 Å². The van der Waals surface area contributed by atoms with Gasteiger partial charge in [-0.15, -0.1) is 11.3 Å². The summed E-state index contributed by atoms with van der Waals surface area (Å²) in [6, 6.07) is 3.35. The van der Waals surface area contributed by atoms with Crippen molar-refractivity contribution in [2.75, 3.05) is 0 Å². The summed E-state index contributed by atoms with van der Waals surface area (Å²) in [6.45, 7) is 4.50. The van der Waals surface area contributed by atoms with E-state index in [4.69, 9.17) is 11.6 Å². The van der Waals surface area contributed by atoms with Gasteiger partial charge in [0.25, 0.3) is 0 Å². The van der Waals surface area contributed by atoms with Crippen LogP contribution in [0.5, 0.6) is 0 Å². The third-order valence-electron chi connectivity index (χ3n) is 3.27. The fraction of sp³-hybridized carbons (Fsp3) is 0.667. The average molecular weight is 244 g/mol. The fourth-order valence-electron chi connectivity index (χ4n) is 2.31. The summed E-state index contributed by atoms with van der Waals surface area (Å²) in [7, 11) is 0. The Hall–Kier alpha value is -0.0500. The van der Waals surface area contributed by atoms with Gasteiger partial charge in [0.1, 0.15) is 0 Å². The quantitative estimate of drug-likeness (QED) is 0.837. The zero-order valence-corrected chi connectivity index (χ0v) is 10.9. The molecule has 0 aliphatic heterocycles. The monoisotopic (exact) mass is 243 g/mol. The molecule has 0 aromatic carbocycles. The molecule has 1 N–H and O–H groups in total. The van der Waals surface area contributed by atoms with Gasteiger partial charge in [-0.1, -0.05) is 25.4 Å². The summed E-state index contributed by atoms with van der Waals surface area (Å²) in [6.07, 6.45) is 4.86. The van der Waals surface area contributed by atoms with Crippen molar-refractivity contribution in [3.63, 3.8) is 0 Å². The molecule has 1 aromatic rings. The van der Waals surface area contributed by atoms with Gasteiger partial charge in [-0.05, 0) is 37.3 Å². The molecule has 3 heteroatoms. The van der Waals surface area contributed by atoms with E-state index in [1.54, 1.807) is 11.3 Å². The van der Waals surface area contributed by atoms with E-state index >= 15 is 0 Å². The van der Waals surface area contributed by atoms with E-state index in [1.807, 2.05) is 0 Å². The van der Waals surface area contributed by atoms with Gasteiger partial charge < -0.3 is 5.32 Å². The van der Waals surface area contributed by atoms with E-state index in [0.717, 1.165) is 4.34 Å². The SMILES string of the molecule is CCC(CC)NC1CCc2sc(Cl)cc21. The lowest BCUT2D eigenvalue weighted by atomic mass is 10.1. The molecule has 1 unspecified atom stereocenters. The highest BCUT2D eigenvalue weighted by Crippen LogP contribution is 2.39. The maximum Gasteiger partial charge on any atom is 0.0934 e. The Morgan fingerprint density at radius 1 is 1.53 bits per heavy atom. The number of hydrogen-bond acceptors (Lipinski definition) is 2. The maximum atomic E-state index is 6.04. The molecule has 1 nitrogen and oxygen atoms in total. The van der Waals surface area contributed by atoms with Crippen LogP contribution in [0, 0.1) is 0 Å². The third-order valence-corrected chi connectivity index (χ3v) is 4.61. The third kappa shape index (κ3) is 2.38. The van der Waals surface area contributed by atoms with Crippen molar-refractivity contribution in [3.8, 4) is 0 Å². The van der Waals surface area contributed by atoms with Crippen LogP contribution in [0.4, 0.5) is 0 Å². The molecule has 0 radical (unpaired) electrons. The molecule has 0 saturated carbocycles. The maximum absolute atomic E-state index is 6.04. The van der Waals surface area contributed by atoms with Crippen molar-refractivity contribution < 1.29 is 0 Å². The minimum atomic E-state index is 0.550. The topological polar surface area (TPSA) is 12.0 Å². The van der Waals surface area contributed by atoms with Gasteiger partial charge in [-0.3, -0.25) is 0 Å². The molecule has 1 aromatic heterocycles. The number of nitrogens with one attached hydrogen (secondary N) is 1. The van der Waals surface area contributed by atoms with E-state index in [9.17, 15) is 0 Å². The molecule has 2 rings (SSSR count). The van der Waals surface area contributed by atoms with Gasteiger partial charge in [0.2, 0.25) is 0 Å². The number of thiophene rings is 1. The van der Waals surface area contributed by atoms with E-state index in [-0.39, 0.29) is 0 Å². The standard InChI is InChI=1S/C12H18ClNS/c1-3-8(4-2)14-10-5-6-11-9(10)7-12(13)15-11/h7-8,10,14H,3-6H2,1-2H3. The molecule has 0 fully saturated rings. The first kappa shape index (κ1) is 11.4. The highest BCUT2D eigenvalue weighted by atomic mass is 35.5. The van der Waals surface area contributed by atoms with Gasteiger partial charge in [0.15, 0.2) is 0 Å². The second-order valence-electron chi connectivity index (χ2n) is 4.20. The minimum absolute atomic E-state index is 0.550. The molecule has 1 aliphatic rings. The van der Waals surface area contributed by atoms with Crippen LogP contribution in [0.15, 0.2) is 6.07 Å². The summed E-state index contributed by atoms with van der Waals surface area (Å²) in [5.74, 6) is 0. The van der Waals surface area contributed by atoms with Crippen molar-refractivity contribution >= 4 is 22.9 Å². The molecule has 15 heavy (non-hydrogen) atoms. The van der Waals surface area contributed by atoms with Crippen LogP contribution >= 0.6 is 22.9 Å². The number of halogens is 1. The highest BCUT2D eigenvalue weighted by Gasteiger charge is 2.25. The predicted octanol–water partition coefficient (Wildman–Crippen LogP) is 4.17. The van der Waals surface area contributed by atoms with Crippen LogP contribution in [0.3, 0.4) is 0 Å². The Labute approximate surface area is 101 Å². The first-order chi connectivity index (χ1) is 7.24. The highest BCUT2D eigenvalue weighted by molar-refractivity contribution is 7.16. The molecule has 1 atom stereocenters. The summed E-state index contributed by atoms with van der Waals surface area (Å²) in [5.41, 5.74) is 1.46. The summed E-state index contributed by atoms with van der Waals surface area (Å²) in [4.78, 5) is 1.49. The molecule has 0 bridgehead atoms. The predicted molar refractivity (Wildman–Crippen MR) is 67.9 cm³/mol. The summed E-state index contributed by atoms with van der Waals surface area (Å²) < 4.78 is 0.941. The molecule has 84 valence electrons. The second kappa shape index (κ2) is 4.86. The van der Waals surface area contributed by atoms with Crippen LogP contribution in [-0.2, 0) is 6.42 Å². The molecular weight excluding hydrogens is 226 g/mol. The van der Waals surface area contributed by atoms with Gasteiger partial charge in [0, 0.05) is 17.0 Å². The van der Waals surface area contributed by atoms with Gasteiger partial charge in [0.05, 0.1) is 4.34 Å². The molecule has 0 amide bonds. The van der Waals surface area contributed by atoms with Gasteiger partial charge in [-0.25, -0.2) is 0 Å². The van der Waals surface area contributed by atoms with Gasteiger partial charge >= 0.3 is 0 Å². The van der Waals surface area contributed by atoms with Crippen LogP contribution in [0.25, 0.3) is 0 Å². The van der Waals surface area contributed by atoms with Gasteiger partial charge in [-0.2, -0.15) is 0 Å². The first-order valence-electron chi connectivity index (χ1n) is 5.78. The largest absolute Gasteiger partial charge is 0.307 e. The van der Waals surface area contributed by atoms with E-state index < -0.39 is 0 Å². The lowest BCUT2D eigenvalue weighted by Crippen LogP contribution is -2.30. The van der Waals surface area contributed by atoms with Crippen LogP contribution < -0.4 is 5.32 Å². The van der Waals surface area contributed by atoms with Crippen molar-refractivity contribution in [1.29, 1.82) is 0 Å². The van der Waals surface area contributed by atoms with Crippen molar-refractivity contribution in [1.82, 2.24) is 5.32 Å². The fourth-order valence-corrected chi connectivity index (χ4v) is 3.67. The lowest BCUT2D eigenvalue weighted by molar-refractivity contribution is 0.413. The molecule has 1 aliphatic carbocycles. The van der Waals surface area contributed by atoms with Crippen LogP contribution in [-0.4, -0.2) is 6.04 Å². The lowest BCUT2D eigenvalue weighted by Gasteiger charge is -2.20. The van der Waals surface area contributed by atoms with E-state index in [0.29, 0.717) is 12.1 Å². The Kier molecular flexibility index (Phi) is 3.70. The van der Waals surface area contributed by atoms with E-state index in [2.05, 4.69) is 25.2 Å². The Morgan fingerprint density at radius 2 is 2.27 bits per heavy atom. The molecule has 0 spiro atoms. The number of aryl methyl sites for hydroxylation is 1. The number of hydrogen-bond donors (Lipinski definition) is 1. The zero-order chi connectivity index (χ0) is 10.8. The normalized spacial score (nSPS) is 19.9. The molecule has 0 saturated heterocycles. The Morgan fingerprint density at radius 3 is 2.93 bits per heavy atom. The summed E-state index contributed by atoms with van der Waals surface area (Å²) >= 11 is 7.79. The first-order valence-corrected chi connectivity index (χ1v) is 6.98. The minimum Gasteiger partial charge on any atom is -0.307 e. The van der Waals surface area contributed by atoms with Crippen molar-refractivity contribution in [2.45, 2.75) is 51.6 Å². The van der Waals surface area contributed by atoms with Crippen LogP contribution in [0.1, 0.15) is 49.6 Å². The molecular formula is C12H18ClNS. The average Bonchev–Trinajstić information content (AvgIpc) is 2.74. The zero-order valence-electron chi connectivity index (χ0n) is 9.35. The van der Waals surface area contributed by atoms with Crippen molar-refractivity contribution in [2.24, 2.45) is 0 Å². The summed E-state index contributed by atoms with van der Waals surface area (Å²) in [5, 5.41) is 3.73. The van der Waals surface area contributed by atoms with Crippen LogP contribution in [0.2, 0.25) is 4.34 Å². The Bertz CT molecular complexity index is 330. The number of fused-ring (bicyclic) bond motifs is 1. The molecule has 1 heterocycles. The Balaban J connectivity index is 2.06.